The molecule has 3 saturated heterocycles. The van der Waals surface area contributed by atoms with Gasteiger partial charge in [-0.25, -0.2) is 0 Å². The largest absolute Gasteiger partial charge is 0.466 e. The van der Waals surface area contributed by atoms with Crippen molar-refractivity contribution in [2.45, 2.75) is 101 Å². The molecule has 0 saturated carbocycles. The SMILES string of the molecule is CCOC(=O)[C@H]1[C@@H]2SC3(CC2Br)C(C(=O)NC(C)(C)CC(C)(C)C)N([C@@H](CO)C(C)C)C(=O)[C@H]13. The molecule has 7 nitrogen and oxygen atoms in total. The maximum Gasteiger partial charge on any atom is 0.310 e. The number of thioether (sulfide) groups is 1. The number of carbonyl (C=O) groups excluding carboxylic acids is 3. The van der Waals surface area contributed by atoms with Gasteiger partial charge in [0.2, 0.25) is 11.8 Å². The molecule has 2 bridgehead atoms. The van der Waals surface area contributed by atoms with Gasteiger partial charge in [-0.15, -0.1) is 11.8 Å². The lowest BCUT2D eigenvalue weighted by molar-refractivity contribution is -0.154. The summed E-state index contributed by atoms with van der Waals surface area (Å²) in [5.41, 5.74) is -0.480. The summed E-state index contributed by atoms with van der Waals surface area (Å²) in [4.78, 5) is 42.7. The van der Waals surface area contributed by atoms with Crippen LogP contribution in [-0.2, 0) is 19.1 Å². The molecule has 0 aromatic rings. The number of alkyl halides is 1. The van der Waals surface area contributed by atoms with E-state index < -0.39 is 34.2 Å². The van der Waals surface area contributed by atoms with Crippen molar-refractivity contribution in [3.05, 3.63) is 0 Å². The van der Waals surface area contributed by atoms with Gasteiger partial charge in [-0.2, -0.15) is 0 Å². The van der Waals surface area contributed by atoms with Crippen molar-refractivity contribution < 1.29 is 24.2 Å². The van der Waals surface area contributed by atoms with Gasteiger partial charge in [-0.3, -0.25) is 14.4 Å². The van der Waals surface area contributed by atoms with Gasteiger partial charge in [0.05, 0.1) is 35.8 Å². The van der Waals surface area contributed by atoms with Crippen LogP contribution in [0.2, 0.25) is 0 Å². The Kier molecular flexibility index (Phi) is 7.83. The molecule has 1 spiro atoms. The molecular weight excluding hydrogens is 520 g/mol. The molecule has 194 valence electrons. The first-order valence-corrected chi connectivity index (χ1v) is 14.1. The van der Waals surface area contributed by atoms with Crippen LogP contribution in [0.1, 0.15) is 68.2 Å². The summed E-state index contributed by atoms with van der Waals surface area (Å²) in [5, 5.41) is 13.4. The van der Waals surface area contributed by atoms with Gasteiger partial charge in [0.15, 0.2) is 0 Å². The molecule has 0 radical (unpaired) electrons. The predicted molar refractivity (Wildman–Crippen MR) is 138 cm³/mol. The number of ether oxygens (including phenoxy) is 1. The minimum absolute atomic E-state index is 0.000387. The number of nitrogens with one attached hydrogen (secondary N) is 1. The second kappa shape index (κ2) is 9.58. The van der Waals surface area contributed by atoms with Crippen molar-refractivity contribution in [2.24, 2.45) is 23.2 Å². The normalized spacial score (nSPS) is 33.9. The number of esters is 1. The van der Waals surface area contributed by atoms with E-state index in [2.05, 4.69) is 42.0 Å². The number of hydrogen-bond donors (Lipinski definition) is 2. The Balaban J connectivity index is 2.07. The first kappa shape index (κ1) is 27.8. The third-order valence-corrected chi connectivity index (χ3v) is 10.5. The fraction of sp³-hybridized carbons (Fsp3) is 0.880. The maximum atomic E-state index is 14.0. The van der Waals surface area contributed by atoms with E-state index >= 15 is 0 Å². The molecule has 3 fully saturated rings. The minimum atomic E-state index is -0.765. The van der Waals surface area contributed by atoms with Crippen LogP contribution < -0.4 is 5.32 Å². The third-order valence-electron chi connectivity index (χ3n) is 7.28. The highest BCUT2D eigenvalue weighted by molar-refractivity contribution is 9.09. The monoisotopic (exact) mass is 560 g/mol. The van der Waals surface area contributed by atoms with Crippen LogP contribution >= 0.6 is 27.7 Å². The van der Waals surface area contributed by atoms with E-state index in [-0.39, 0.29) is 52.4 Å². The average Bonchev–Trinajstić information content (AvgIpc) is 3.24. The smallest absolute Gasteiger partial charge is 0.310 e. The van der Waals surface area contributed by atoms with E-state index in [0.717, 1.165) is 6.42 Å². The van der Waals surface area contributed by atoms with Crippen LogP contribution in [-0.4, -0.2) is 73.5 Å². The Morgan fingerprint density at radius 2 is 1.91 bits per heavy atom. The topological polar surface area (TPSA) is 95.9 Å². The van der Waals surface area contributed by atoms with Crippen molar-refractivity contribution in [1.29, 1.82) is 0 Å². The molecule has 3 aliphatic rings. The highest BCUT2D eigenvalue weighted by Gasteiger charge is 2.76. The summed E-state index contributed by atoms with van der Waals surface area (Å²) < 4.78 is 4.65. The van der Waals surface area contributed by atoms with Crippen molar-refractivity contribution in [3.8, 4) is 0 Å². The van der Waals surface area contributed by atoms with E-state index in [1.54, 1.807) is 23.6 Å². The van der Waals surface area contributed by atoms with Gasteiger partial charge in [0.25, 0.3) is 0 Å². The fourth-order valence-corrected chi connectivity index (χ4v) is 10.2. The van der Waals surface area contributed by atoms with Gasteiger partial charge >= 0.3 is 5.97 Å². The zero-order valence-corrected chi connectivity index (χ0v) is 24.1. The molecule has 3 unspecified atom stereocenters. The van der Waals surface area contributed by atoms with Crippen molar-refractivity contribution in [1.82, 2.24) is 10.2 Å². The first-order chi connectivity index (χ1) is 15.6. The van der Waals surface area contributed by atoms with Gasteiger partial charge in [0, 0.05) is 15.6 Å². The van der Waals surface area contributed by atoms with Crippen LogP contribution in [0.5, 0.6) is 0 Å². The summed E-state index contributed by atoms with van der Waals surface area (Å²) in [6, 6.07) is -1.27. The Morgan fingerprint density at radius 1 is 1.29 bits per heavy atom. The number of amides is 2. The number of carbonyl (C=O) groups is 3. The Bertz CT molecular complexity index is 829. The molecule has 3 rings (SSSR count). The average molecular weight is 562 g/mol. The highest BCUT2D eigenvalue weighted by Crippen LogP contribution is 2.68. The van der Waals surface area contributed by atoms with E-state index in [4.69, 9.17) is 4.74 Å². The number of nitrogens with zero attached hydrogens (tertiary/aromatic N) is 1. The van der Waals surface area contributed by atoms with E-state index in [1.807, 2.05) is 27.7 Å². The van der Waals surface area contributed by atoms with E-state index in [9.17, 15) is 19.5 Å². The zero-order valence-electron chi connectivity index (χ0n) is 21.7. The van der Waals surface area contributed by atoms with Crippen LogP contribution in [0.15, 0.2) is 0 Å². The van der Waals surface area contributed by atoms with Gasteiger partial charge in [-0.05, 0) is 44.9 Å². The quantitative estimate of drug-likeness (QED) is 0.349. The molecule has 2 amide bonds. The summed E-state index contributed by atoms with van der Waals surface area (Å²) in [7, 11) is 0. The number of likely N-dealkylation sites (tertiary alicyclic amines) is 1. The van der Waals surface area contributed by atoms with Gasteiger partial charge in [0.1, 0.15) is 6.04 Å². The molecule has 2 N–H and O–H groups in total. The third kappa shape index (κ3) is 4.77. The predicted octanol–water partition coefficient (Wildman–Crippen LogP) is 3.36. The molecule has 0 aromatic carbocycles. The number of hydrogen-bond acceptors (Lipinski definition) is 6. The lowest BCUT2D eigenvalue weighted by Gasteiger charge is -2.41. The molecular formula is C25H41BrN2O5S. The molecule has 0 aliphatic carbocycles. The van der Waals surface area contributed by atoms with Crippen molar-refractivity contribution in [2.75, 3.05) is 13.2 Å². The summed E-state index contributed by atoms with van der Waals surface area (Å²) in [6.07, 6.45) is 1.37. The number of rotatable bonds is 8. The summed E-state index contributed by atoms with van der Waals surface area (Å²) in [6.45, 7) is 16.1. The standard InChI is InChI=1S/C25H41BrN2O5S/c1-9-33-22(32)16-17-21(31)28(15(11-29)13(2)3)19(25(17)10-14(26)18(16)34-25)20(30)27-24(7,8)12-23(4,5)6/h13-19,29H,9-12H2,1-8H3,(H,27,30)/t14?,15-,16+,17-,18+,19?,25?/m0/s1. The number of aliphatic hydroxyl groups excluding tert-OH is 1. The molecule has 9 heteroatoms. The van der Waals surface area contributed by atoms with Gasteiger partial charge in [-0.1, -0.05) is 50.5 Å². The zero-order chi connectivity index (χ0) is 25.8. The second-order valence-electron chi connectivity index (χ2n) is 12.3. The minimum Gasteiger partial charge on any atom is -0.466 e. The van der Waals surface area contributed by atoms with Crippen LogP contribution in [0.3, 0.4) is 0 Å². The van der Waals surface area contributed by atoms with E-state index in [1.165, 1.54) is 0 Å². The van der Waals surface area contributed by atoms with Crippen molar-refractivity contribution >= 4 is 45.5 Å². The van der Waals surface area contributed by atoms with E-state index in [0.29, 0.717) is 6.42 Å². The maximum absolute atomic E-state index is 14.0. The van der Waals surface area contributed by atoms with Crippen molar-refractivity contribution in [3.63, 3.8) is 0 Å². The summed E-state index contributed by atoms with van der Waals surface area (Å²) >= 11 is 5.34. The Hall–Kier alpha value is -0.800. The number of fused-ring (bicyclic) bond motifs is 1. The lowest BCUT2D eigenvalue weighted by atomic mass is 9.71. The molecule has 0 aromatic heterocycles. The molecule has 3 heterocycles. The number of aliphatic hydroxyl groups is 1. The second-order valence-corrected chi connectivity index (χ2v) is 15.0. The lowest BCUT2D eigenvalue weighted by Crippen LogP contribution is -2.61. The van der Waals surface area contributed by atoms with Gasteiger partial charge < -0.3 is 20.1 Å². The Labute approximate surface area is 216 Å². The Morgan fingerprint density at radius 3 is 2.41 bits per heavy atom. The summed E-state index contributed by atoms with van der Waals surface area (Å²) in [5.74, 6) is -2.08. The number of halogens is 1. The molecule has 34 heavy (non-hydrogen) atoms. The molecule has 7 atom stereocenters. The first-order valence-electron chi connectivity index (χ1n) is 12.3. The molecule has 3 aliphatic heterocycles. The van der Waals surface area contributed by atoms with Crippen LogP contribution in [0.25, 0.3) is 0 Å². The van der Waals surface area contributed by atoms with Crippen LogP contribution in [0.4, 0.5) is 0 Å². The highest BCUT2D eigenvalue weighted by atomic mass is 79.9. The fourth-order valence-electron chi connectivity index (χ4n) is 6.62. The van der Waals surface area contributed by atoms with Crippen LogP contribution in [0, 0.1) is 23.2 Å².